The van der Waals surface area contributed by atoms with Crippen LogP contribution in [0, 0.1) is 0 Å². The Morgan fingerprint density at radius 1 is 1.71 bits per heavy atom. The summed E-state index contributed by atoms with van der Waals surface area (Å²) in [4.78, 5) is 33.9. The van der Waals surface area contributed by atoms with E-state index in [-0.39, 0.29) is 13.1 Å². The van der Waals surface area contributed by atoms with Crippen molar-refractivity contribution < 1.29 is 19.1 Å². The van der Waals surface area contributed by atoms with Gasteiger partial charge in [-0.1, -0.05) is 0 Å². The summed E-state index contributed by atoms with van der Waals surface area (Å²) in [6.45, 7) is -0.204. The summed E-state index contributed by atoms with van der Waals surface area (Å²) >= 11 is 0. The van der Waals surface area contributed by atoms with Crippen molar-refractivity contribution in [2.24, 2.45) is 5.73 Å². The standard InChI is InChI=1S/C7H11N3O4/c1-14-6(12)4(8)3-10-5(11)2-9-7(10)13/h4H,2-3,8H2,1H3,(H,9,13). The molecule has 3 N–H and O–H groups in total. The third kappa shape index (κ3) is 1.99. The SMILES string of the molecule is COC(=O)C(N)CN1C(=O)CNC1=O. The first-order valence-corrected chi connectivity index (χ1v) is 3.98. The fourth-order valence-corrected chi connectivity index (χ4v) is 1.06. The Morgan fingerprint density at radius 3 is 2.79 bits per heavy atom. The van der Waals surface area contributed by atoms with Crippen molar-refractivity contribution in [3.05, 3.63) is 0 Å². The van der Waals surface area contributed by atoms with Gasteiger partial charge < -0.3 is 15.8 Å². The number of nitrogens with one attached hydrogen (secondary N) is 1. The Kier molecular flexibility index (Phi) is 3.03. The second kappa shape index (κ2) is 4.05. The van der Waals surface area contributed by atoms with Crippen LogP contribution in [0.4, 0.5) is 4.79 Å². The third-order valence-corrected chi connectivity index (χ3v) is 1.82. The van der Waals surface area contributed by atoms with Crippen LogP contribution >= 0.6 is 0 Å². The first-order valence-electron chi connectivity index (χ1n) is 3.98. The van der Waals surface area contributed by atoms with Gasteiger partial charge in [0.05, 0.1) is 20.2 Å². The molecule has 0 aliphatic carbocycles. The predicted octanol–water partition coefficient (Wildman–Crippen LogP) is -1.96. The number of carbonyl (C=O) groups is 3. The van der Waals surface area contributed by atoms with E-state index in [1.807, 2.05) is 0 Å². The zero-order valence-corrected chi connectivity index (χ0v) is 7.65. The number of nitrogens with zero attached hydrogens (tertiary/aromatic N) is 1. The van der Waals surface area contributed by atoms with Crippen molar-refractivity contribution in [2.45, 2.75) is 6.04 Å². The van der Waals surface area contributed by atoms with E-state index in [0.29, 0.717) is 0 Å². The van der Waals surface area contributed by atoms with Gasteiger partial charge in [-0.05, 0) is 0 Å². The number of urea groups is 1. The monoisotopic (exact) mass is 201 g/mol. The fourth-order valence-electron chi connectivity index (χ4n) is 1.06. The van der Waals surface area contributed by atoms with E-state index >= 15 is 0 Å². The number of hydrogen-bond acceptors (Lipinski definition) is 5. The number of methoxy groups -OCH3 is 1. The number of ether oxygens (including phenoxy) is 1. The second-order valence-electron chi connectivity index (χ2n) is 2.79. The normalized spacial score (nSPS) is 18.0. The molecule has 0 bridgehead atoms. The largest absolute Gasteiger partial charge is 0.468 e. The second-order valence-corrected chi connectivity index (χ2v) is 2.79. The summed E-state index contributed by atoms with van der Waals surface area (Å²) in [6, 6.07) is -1.53. The molecule has 0 aromatic rings. The predicted molar refractivity (Wildman–Crippen MR) is 45.1 cm³/mol. The van der Waals surface area contributed by atoms with Crippen molar-refractivity contribution in [1.29, 1.82) is 0 Å². The van der Waals surface area contributed by atoms with Gasteiger partial charge in [-0.3, -0.25) is 14.5 Å². The lowest BCUT2D eigenvalue weighted by Crippen LogP contribution is -2.45. The van der Waals surface area contributed by atoms with E-state index in [0.717, 1.165) is 4.90 Å². The maximum absolute atomic E-state index is 11.1. The molecular formula is C7H11N3O4. The summed E-state index contributed by atoms with van der Waals surface area (Å²) < 4.78 is 4.36. The number of rotatable bonds is 3. The summed E-state index contributed by atoms with van der Waals surface area (Å²) in [5, 5.41) is 2.31. The van der Waals surface area contributed by atoms with Gasteiger partial charge >= 0.3 is 12.0 Å². The van der Waals surface area contributed by atoms with Gasteiger partial charge in [0.1, 0.15) is 6.04 Å². The minimum atomic E-state index is -0.993. The van der Waals surface area contributed by atoms with E-state index in [2.05, 4.69) is 10.1 Å². The Morgan fingerprint density at radius 2 is 2.36 bits per heavy atom. The number of hydrogen-bond donors (Lipinski definition) is 2. The third-order valence-electron chi connectivity index (χ3n) is 1.82. The lowest BCUT2D eigenvalue weighted by atomic mass is 10.3. The number of amides is 3. The molecule has 1 aliphatic heterocycles. The lowest BCUT2D eigenvalue weighted by Gasteiger charge is -2.15. The zero-order valence-electron chi connectivity index (χ0n) is 7.65. The van der Waals surface area contributed by atoms with Crippen molar-refractivity contribution >= 4 is 17.9 Å². The molecule has 1 aliphatic rings. The van der Waals surface area contributed by atoms with E-state index in [1.54, 1.807) is 0 Å². The van der Waals surface area contributed by atoms with Gasteiger partial charge in [0.25, 0.3) is 0 Å². The molecular weight excluding hydrogens is 190 g/mol. The highest BCUT2D eigenvalue weighted by Crippen LogP contribution is 2.00. The zero-order chi connectivity index (χ0) is 10.7. The van der Waals surface area contributed by atoms with Crippen LogP contribution in [0.2, 0.25) is 0 Å². The Bertz CT molecular complexity index is 262. The van der Waals surface area contributed by atoms with Crippen LogP contribution in [0.5, 0.6) is 0 Å². The van der Waals surface area contributed by atoms with Gasteiger partial charge in [-0.25, -0.2) is 4.79 Å². The molecule has 7 nitrogen and oxygen atoms in total. The van der Waals surface area contributed by atoms with E-state index < -0.39 is 23.9 Å². The number of nitrogens with two attached hydrogens (primary N) is 1. The first kappa shape index (κ1) is 10.5. The Balaban J connectivity index is 2.55. The Labute approximate surface area is 80.2 Å². The molecule has 0 radical (unpaired) electrons. The van der Waals surface area contributed by atoms with Crippen molar-refractivity contribution in [1.82, 2.24) is 10.2 Å². The van der Waals surface area contributed by atoms with Crippen LogP contribution in [0.3, 0.4) is 0 Å². The van der Waals surface area contributed by atoms with Crippen LogP contribution in [-0.2, 0) is 14.3 Å². The molecule has 1 unspecified atom stereocenters. The topological polar surface area (TPSA) is 102 Å². The van der Waals surface area contributed by atoms with Crippen LogP contribution < -0.4 is 11.1 Å². The van der Waals surface area contributed by atoms with E-state index in [4.69, 9.17) is 5.73 Å². The van der Waals surface area contributed by atoms with Crippen LogP contribution in [0.25, 0.3) is 0 Å². The van der Waals surface area contributed by atoms with Crippen molar-refractivity contribution in [3.8, 4) is 0 Å². The molecule has 1 atom stereocenters. The van der Waals surface area contributed by atoms with Gasteiger partial charge in [-0.15, -0.1) is 0 Å². The highest BCUT2D eigenvalue weighted by Gasteiger charge is 2.31. The molecule has 0 aromatic carbocycles. The number of esters is 1. The van der Waals surface area contributed by atoms with Crippen molar-refractivity contribution in [2.75, 3.05) is 20.2 Å². The van der Waals surface area contributed by atoms with Gasteiger partial charge in [-0.2, -0.15) is 0 Å². The molecule has 0 aromatic heterocycles. The minimum absolute atomic E-state index is 0.0489. The average molecular weight is 201 g/mol. The smallest absolute Gasteiger partial charge is 0.324 e. The van der Waals surface area contributed by atoms with Gasteiger partial charge in [0, 0.05) is 0 Å². The quantitative estimate of drug-likeness (QED) is 0.407. The average Bonchev–Trinajstić information content (AvgIpc) is 2.48. The summed E-state index contributed by atoms with van der Waals surface area (Å²) in [5.74, 6) is -1.05. The summed E-state index contributed by atoms with van der Waals surface area (Å²) in [5.41, 5.74) is 5.38. The van der Waals surface area contributed by atoms with E-state index in [1.165, 1.54) is 7.11 Å². The first-order chi connectivity index (χ1) is 6.56. The molecule has 0 spiro atoms. The lowest BCUT2D eigenvalue weighted by molar-refractivity contribution is -0.142. The molecule has 7 heteroatoms. The Hall–Kier alpha value is -1.63. The molecule has 1 fully saturated rings. The minimum Gasteiger partial charge on any atom is -0.468 e. The molecule has 14 heavy (non-hydrogen) atoms. The van der Waals surface area contributed by atoms with Crippen LogP contribution in [0.1, 0.15) is 0 Å². The molecule has 0 saturated carbocycles. The van der Waals surface area contributed by atoms with Crippen molar-refractivity contribution in [3.63, 3.8) is 0 Å². The summed E-state index contributed by atoms with van der Waals surface area (Å²) in [6.07, 6.45) is 0. The maximum atomic E-state index is 11.1. The highest BCUT2D eigenvalue weighted by atomic mass is 16.5. The fraction of sp³-hybridized carbons (Fsp3) is 0.571. The summed E-state index contributed by atoms with van der Waals surface area (Å²) in [7, 11) is 1.19. The molecule has 1 rings (SSSR count). The van der Waals surface area contributed by atoms with Crippen LogP contribution in [-0.4, -0.2) is 49.0 Å². The maximum Gasteiger partial charge on any atom is 0.324 e. The molecule has 1 heterocycles. The number of carbonyl (C=O) groups excluding carboxylic acids is 3. The van der Waals surface area contributed by atoms with E-state index in [9.17, 15) is 14.4 Å². The van der Waals surface area contributed by atoms with Gasteiger partial charge in [0.2, 0.25) is 5.91 Å². The van der Waals surface area contributed by atoms with Gasteiger partial charge in [0.15, 0.2) is 0 Å². The molecule has 78 valence electrons. The highest BCUT2D eigenvalue weighted by molar-refractivity contribution is 6.02. The number of imide groups is 1. The molecule has 3 amide bonds. The molecule has 1 saturated heterocycles. The van der Waals surface area contributed by atoms with Crippen LogP contribution in [0.15, 0.2) is 0 Å².